The molecule has 66 valence electrons. The Bertz CT molecular complexity index is 382. The van der Waals surface area contributed by atoms with Crippen LogP contribution in [0.5, 0.6) is 0 Å². The lowest BCUT2D eigenvalue weighted by molar-refractivity contribution is -0.130. The van der Waals surface area contributed by atoms with Crippen LogP contribution in [0.4, 0.5) is 0 Å². The number of aliphatic carboxylic acids is 1. The number of aryl methyl sites for hydroxylation is 1. The number of carboxylic acid groups (broad SMARTS) is 1. The molecule has 1 aromatic heterocycles. The van der Waals surface area contributed by atoms with Gasteiger partial charge in [0.25, 0.3) is 0 Å². The number of allylic oxidation sites excluding steroid dienone is 1. The number of rotatable bonds is 1. The lowest BCUT2D eigenvalue weighted by atomic mass is 9.93. The van der Waals surface area contributed by atoms with Gasteiger partial charge in [0, 0.05) is 12.4 Å². The molecule has 0 amide bonds. The van der Waals surface area contributed by atoms with Gasteiger partial charge in [-0.05, 0) is 30.0 Å². The van der Waals surface area contributed by atoms with E-state index < -0.39 is 5.97 Å². The topological polar surface area (TPSA) is 50.2 Å². The molecule has 0 radical (unpaired) electrons. The average molecular weight is 175 g/mol. The Hall–Kier alpha value is -1.64. The molecule has 0 aliphatic heterocycles. The van der Waals surface area contributed by atoms with E-state index in [-0.39, 0.29) is 0 Å². The summed E-state index contributed by atoms with van der Waals surface area (Å²) in [6.07, 6.45) is 6.82. The van der Waals surface area contributed by atoms with E-state index in [0.29, 0.717) is 5.57 Å². The highest BCUT2D eigenvalue weighted by molar-refractivity contribution is 6.16. The maximum Gasteiger partial charge on any atom is 0.335 e. The van der Waals surface area contributed by atoms with Gasteiger partial charge in [-0.25, -0.2) is 4.79 Å². The van der Waals surface area contributed by atoms with E-state index >= 15 is 0 Å². The van der Waals surface area contributed by atoms with Crippen molar-refractivity contribution >= 4 is 11.5 Å². The summed E-state index contributed by atoms with van der Waals surface area (Å²) in [5, 5.41) is 8.90. The molecule has 0 atom stereocenters. The van der Waals surface area contributed by atoms with Gasteiger partial charge in [-0.3, -0.25) is 4.98 Å². The van der Waals surface area contributed by atoms with Gasteiger partial charge in [0.05, 0.1) is 5.57 Å². The zero-order valence-corrected chi connectivity index (χ0v) is 7.03. The number of carbonyl (C=O) groups is 1. The molecule has 1 aliphatic rings. The van der Waals surface area contributed by atoms with Crippen LogP contribution in [0.15, 0.2) is 24.5 Å². The van der Waals surface area contributed by atoms with Crippen LogP contribution in [0.1, 0.15) is 17.5 Å². The highest BCUT2D eigenvalue weighted by Gasteiger charge is 2.17. The first-order valence-corrected chi connectivity index (χ1v) is 4.16. The molecular weight excluding hydrogens is 166 g/mol. The predicted octanol–water partition coefficient (Wildman–Crippen LogP) is 1.50. The van der Waals surface area contributed by atoms with Crippen LogP contribution in [0.25, 0.3) is 5.57 Å². The molecule has 1 aliphatic carbocycles. The van der Waals surface area contributed by atoms with Crippen molar-refractivity contribution in [2.24, 2.45) is 0 Å². The third-order valence-electron chi connectivity index (χ3n) is 2.19. The molecule has 1 aromatic rings. The Kier molecular flexibility index (Phi) is 1.85. The first kappa shape index (κ1) is 7.98. The first-order chi connectivity index (χ1) is 6.29. The summed E-state index contributed by atoms with van der Waals surface area (Å²) in [7, 11) is 0. The van der Waals surface area contributed by atoms with Crippen LogP contribution >= 0.6 is 0 Å². The fraction of sp³-hybridized carbons (Fsp3) is 0.200. The highest BCUT2D eigenvalue weighted by Crippen LogP contribution is 2.25. The zero-order valence-electron chi connectivity index (χ0n) is 7.03. The van der Waals surface area contributed by atoms with E-state index in [9.17, 15) is 4.79 Å². The van der Waals surface area contributed by atoms with Crippen LogP contribution in [0.3, 0.4) is 0 Å². The van der Waals surface area contributed by atoms with Crippen LogP contribution in [-0.2, 0) is 11.2 Å². The van der Waals surface area contributed by atoms with Crippen LogP contribution in [0.2, 0.25) is 0 Å². The van der Waals surface area contributed by atoms with Crippen molar-refractivity contribution in [3.8, 4) is 0 Å². The van der Waals surface area contributed by atoms with Crippen LogP contribution < -0.4 is 0 Å². The van der Waals surface area contributed by atoms with Crippen molar-refractivity contribution in [1.82, 2.24) is 4.98 Å². The number of aromatic nitrogens is 1. The minimum atomic E-state index is -0.854. The average Bonchev–Trinajstić information content (AvgIpc) is 2.17. The van der Waals surface area contributed by atoms with Crippen molar-refractivity contribution in [3.05, 3.63) is 35.7 Å². The number of carboxylic acids is 1. The molecule has 0 unspecified atom stereocenters. The van der Waals surface area contributed by atoms with Crippen molar-refractivity contribution in [2.45, 2.75) is 12.8 Å². The molecular formula is C10H9NO2. The Morgan fingerprint density at radius 3 is 3.15 bits per heavy atom. The Balaban J connectivity index is 2.53. The van der Waals surface area contributed by atoms with Crippen molar-refractivity contribution in [1.29, 1.82) is 0 Å². The molecule has 13 heavy (non-hydrogen) atoms. The lowest BCUT2D eigenvalue weighted by Crippen LogP contribution is -2.07. The van der Waals surface area contributed by atoms with Crippen LogP contribution in [-0.4, -0.2) is 16.1 Å². The van der Waals surface area contributed by atoms with Gasteiger partial charge in [0.15, 0.2) is 0 Å². The van der Waals surface area contributed by atoms with Gasteiger partial charge >= 0.3 is 5.97 Å². The van der Waals surface area contributed by atoms with Gasteiger partial charge < -0.3 is 5.11 Å². The molecule has 0 fully saturated rings. The summed E-state index contributed by atoms with van der Waals surface area (Å²) in [5.74, 6) is -0.854. The SMILES string of the molecule is O=C(O)C1=CCCc2cnccc21. The molecule has 2 rings (SSSR count). The summed E-state index contributed by atoms with van der Waals surface area (Å²) in [6.45, 7) is 0. The van der Waals surface area contributed by atoms with E-state index in [4.69, 9.17) is 5.11 Å². The molecule has 3 nitrogen and oxygen atoms in total. The smallest absolute Gasteiger partial charge is 0.335 e. The molecule has 3 heteroatoms. The quantitative estimate of drug-likeness (QED) is 0.703. The third kappa shape index (κ3) is 1.33. The molecule has 0 saturated heterocycles. The highest BCUT2D eigenvalue weighted by atomic mass is 16.4. The monoisotopic (exact) mass is 175 g/mol. The maximum absolute atomic E-state index is 10.8. The first-order valence-electron chi connectivity index (χ1n) is 4.16. The standard InChI is InChI=1S/C10H9NO2/c12-10(13)9-3-1-2-7-6-11-5-4-8(7)9/h3-6H,1-2H2,(H,12,13). The largest absolute Gasteiger partial charge is 0.478 e. The maximum atomic E-state index is 10.8. The number of hydrogen-bond acceptors (Lipinski definition) is 2. The number of hydrogen-bond donors (Lipinski definition) is 1. The van der Waals surface area contributed by atoms with E-state index in [2.05, 4.69) is 4.98 Å². The van der Waals surface area contributed by atoms with Crippen LogP contribution in [0, 0.1) is 0 Å². The summed E-state index contributed by atoms with van der Waals surface area (Å²) in [5.41, 5.74) is 2.25. The Morgan fingerprint density at radius 1 is 1.54 bits per heavy atom. The number of pyridine rings is 1. The van der Waals surface area contributed by atoms with E-state index in [0.717, 1.165) is 24.0 Å². The lowest BCUT2D eigenvalue weighted by Gasteiger charge is -2.13. The molecule has 0 bridgehead atoms. The summed E-state index contributed by atoms with van der Waals surface area (Å²) in [6, 6.07) is 1.76. The molecule has 1 N–H and O–H groups in total. The normalized spacial score (nSPS) is 14.6. The van der Waals surface area contributed by atoms with Crippen molar-refractivity contribution in [3.63, 3.8) is 0 Å². The second kappa shape index (κ2) is 3.01. The third-order valence-corrected chi connectivity index (χ3v) is 2.19. The summed E-state index contributed by atoms with van der Waals surface area (Å²) < 4.78 is 0. The van der Waals surface area contributed by atoms with Crippen molar-refractivity contribution in [2.75, 3.05) is 0 Å². The van der Waals surface area contributed by atoms with Gasteiger partial charge in [-0.1, -0.05) is 6.08 Å². The molecule has 0 spiro atoms. The zero-order chi connectivity index (χ0) is 9.26. The molecule has 0 aromatic carbocycles. The van der Waals surface area contributed by atoms with Gasteiger partial charge in [-0.15, -0.1) is 0 Å². The van der Waals surface area contributed by atoms with E-state index in [1.54, 1.807) is 24.5 Å². The van der Waals surface area contributed by atoms with Crippen molar-refractivity contribution < 1.29 is 9.90 Å². The molecule has 0 saturated carbocycles. The fourth-order valence-electron chi connectivity index (χ4n) is 1.57. The summed E-state index contributed by atoms with van der Waals surface area (Å²) in [4.78, 5) is 14.8. The second-order valence-electron chi connectivity index (χ2n) is 2.99. The van der Waals surface area contributed by atoms with E-state index in [1.165, 1.54) is 0 Å². The molecule has 1 heterocycles. The number of fused-ring (bicyclic) bond motifs is 1. The fourth-order valence-corrected chi connectivity index (χ4v) is 1.57. The van der Waals surface area contributed by atoms with E-state index in [1.807, 2.05) is 0 Å². The Labute approximate surface area is 75.7 Å². The Morgan fingerprint density at radius 2 is 2.38 bits per heavy atom. The predicted molar refractivity (Wildman–Crippen MR) is 48.2 cm³/mol. The van der Waals surface area contributed by atoms with Gasteiger partial charge in [0.2, 0.25) is 0 Å². The number of nitrogens with zero attached hydrogens (tertiary/aromatic N) is 1. The minimum Gasteiger partial charge on any atom is -0.478 e. The second-order valence-corrected chi connectivity index (χ2v) is 2.99. The van der Waals surface area contributed by atoms with Gasteiger partial charge in [0.1, 0.15) is 0 Å². The van der Waals surface area contributed by atoms with Gasteiger partial charge in [-0.2, -0.15) is 0 Å². The minimum absolute atomic E-state index is 0.406. The summed E-state index contributed by atoms with van der Waals surface area (Å²) >= 11 is 0.